The van der Waals surface area contributed by atoms with Crippen molar-refractivity contribution in [3.63, 3.8) is 0 Å². The van der Waals surface area contributed by atoms with Crippen molar-refractivity contribution in [3.8, 4) is 5.75 Å². The lowest BCUT2D eigenvalue weighted by Crippen LogP contribution is -2.30. The molecule has 0 aliphatic carbocycles. The van der Waals surface area contributed by atoms with E-state index in [4.69, 9.17) is 16.3 Å². The van der Waals surface area contributed by atoms with Gasteiger partial charge in [0.25, 0.3) is 0 Å². The van der Waals surface area contributed by atoms with Gasteiger partial charge in [-0.2, -0.15) is 0 Å². The van der Waals surface area contributed by atoms with Crippen LogP contribution in [-0.2, 0) is 6.42 Å². The highest BCUT2D eigenvalue weighted by Gasteiger charge is 2.09. The van der Waals surface area contributed by atoms with Crippen LogP contribution in [0, 0.1) is 0 Å². The minimum Gasteiger partial charge on any atom is -0.495 e. The van der Waals surface area contributed by atoms with Gasteiger partial charge in [0.15, 0.2) is 0 Å². The minimum atomic E-state index is 0.701. The molecule has 1 aromatic carbocycles. The molecule has 0 aromatic heterocycles. The standard InChI is InChI=1S/C14H21ClN2O/c1-18-14-4-3-12(11-13(14)15)5-9-17-8-2-6-16-7-10-17/h3-4,11,16H,2,5-10H2,1H3. The van der Waals surface area contributed by atoms with Crippen molar-refractivity contribution in [2.75, 3.05) is 39.8 Å². The van der Waals surface area contributed by atoms with E-state index in [1.807, 2.05) is 12.1 Å². The van der Waals surface area contributed by atoms with E-state index in [1.165, 1.54) is 18.5 Å². The highest BCUT2D eigenvalue weighted by atomic mass is 35.5. The van der Waals surface area contributed by atoms with E-state index >= 15 is 0 Å². The molecular weight excluding hydrogens is 248 g/mol. The number of halogens is 1. The summed E-state index contributed by atoms with van der Waals surface area (Å²) in [6.07, 6.45) is 2.28. The summed E-state index contributed by atoms with van der Waals surface area (Å²) in [6.45, 7) is 5.68. The van der Waals surface area contributed by atoms with Gasteiger partial charge in [0.1, 0.15) is 5.75 Å². The first-order valence-electron chi connectivity index (χ1n) is 6.55. The van der Waals surface area contributed by atoms with Crippen LogP contribution >= 0.6 is 11.6 Å². The smallest absolute Gasteiger partial charge is 0.137 e. The third kappa shape index (κ3) is 3.87. The predicted molar refractivity (Wildman–Crippen MR) is 75.6 cm³/mol. The maximum Gasteiger partial charge on any atom is 0.137 e. The van der Waals surface area contributed by atoms with E-state index < -0.39 is 0 Å². The van der Waals surface area contributed by atoms with Crippen LogP contribution in [-0.4, -0.2) is 44.7 Å². The van der Waals surface area contributed by atoms with Gasteiger partial charge in [-0.1, -0.05) is 17.7 Å². The van der Waals surface area contributed by atoms with E-state index in [0.717, 1.165) is 38.3 Å². The molecule has 3 nitrogen and oxygen atoms in total. The van der Waals surface area contributed by atoms with E-state index in [9.17, 15) is 0 Å². The molecule has 100 valence electrons. The first kappa shape index (κ1) is 13.7. The molecule has 0 saturated carbocycles. The zero-order valence-electron chi connectivity index (χ0n) is 10.9. The highest BCUT2D eigenvalue weighted by molar-refractivity contribution is 6.32. The van der Waals surface area contributed by atoms with Crippen LogP contribution in [0.4, 0.5) is 0 Å². The normalized spacial score (nSPS) is 17.4. The van der Waals surface area contributed by atoms with Gasteiger partial charge >= 0.3 is 0 Å². The van der Waals surface area contributed by atoms with Gasteiger partial charge in [-0.3, -0.25) is 0 Å². The fourth-order valence-electron chi connectivity index (χ4n) is 2.28. The SMILES string of the molecule is COc1ccc(CCN2CCCNCC2)cc1Cl. The van der Waals surface area contributed by atoms with Crippen molar-refractivity contribution in [2.24, 2.45) is 0 Å². The van der Waals surface area contributed by atoms with E-state index in [0.29, 0.717) is 5.02 Å². The van der Waals surface area contributed by atoms with Crippen molar-refractivity contribution >= 4 is 11.6 Å². The topological polar surface area (TPSA) is 24.5 Å². The van der Waals surface area contributed by atoms with E-state index in [2.05, 4.69) is 16.3 Å². The minimum absolute atomic E-state index is 0.701. The first-order valence-corrected chi connectivity index (χ1v) is 6.93. The summed E-state index contributed by atoms with van der Waals surface area (Å²) in [5, 5.41) is 4.12. The molecule has 1 saturated heterocycles. The Labute approximate surface area is 114 Å². The third-order valence-corrected chi connectivity index (χ3v) is 3.66. The maximum atomic E-state index is 6.13. The largest absolute Gasteiger partial charge is 0.495 e. The van der Waals surface area contributed by atoms with Crippen LogP contribution in [0.2, 0.25) is 5.02 Å². The van der Waals surface area contributed by atoms with Crippen LogP contribution in [0.3, 0.4) is 0 Å². The molecule has 4 heteroatoms. The number of ether oxygens (including phenoxy) is 1. The predicted octanol–water partition coefficient (Wildman–Crippen LogP) is 2.19. The van der Waals surface area contributed by atoms with Crippen molar-refractivity contribution in [3.05, 3.63) is 28.8 Å². The lowest BCUT2D eigenvalue weighted by molar-refractivity contribution is 0.296. The Hall–Kier alpha value is -0.770. The molecule has 1 aliphatic heterocycles. The third-order valence-electron chi connectivity index (χ3n) is 3.37. The van der Waals surface area contributed by atoms with Gasteiger partial charge in [-0.15, -0.1) is 0 Å². The second kappa shape index (κ2) is 6.98. The number of rotatable bonds is 4. The second-order valence-electron chi connectivity index (χ2n) is 4.66. The van der Waals surface area contributed by atoms with Gasteiger partial charge in [0, 0.05) is 19.6 Å². The number of benzene rings is 1. The summed E-state index contributed by atoms with van der Waals surface area (Å²) in [7, 11) is 1.64. The molecule has 18 heavy (non-hydrogen) atoms. The van der Waals surface area contributed by atoms with Crippen molar-refractivity contribution in [1.29, 1.82) is 0 Å². The summed E-state index contributed by atoms with van der Waals surface area (Å²) in [5.74, 6) is 0.749. The molecule has 2 rings (SSSR count). The Morgan fingerprint density at radius 3 is 3.00 bits per heavy atom. The van der Waals surface area contributed by atoms with Gasteiger partial charge in [0.05, 0.1) is 12.1 Å². The van der Waals surface area contributed by atoms with Gasteiger partial charge in [-0.05, 0) is 43.6 Å². The molecule has 1 fully saturated rings. The van der Waals surface area contributed by atoms with Crippen molar-refractivity contribution in [2.45, 2.75) is 12.8 Å². The fourth-order valence-corrected chi connectivity index (χ4v) is 2.56. The quantitative estimate of drug-likeness (QED) is 0.906. The molecule has 0 bridgehead atoms. The number of nitrogens with one attached hydrogen (secondary N) is 1. The van der Waals surface area contributed by atoms with Gasteiger partial charge in [0.2, 0.25) is 0 Å². The Balaban J connectivity index is 1.87. The Kier molecular flexibility index (Phi) is 5.29. The number of hydrogen-bond donors (Lipinski definition) is 1. The zero-order valence-corrected chi connectivity index (χ0v) is 11.7. The molecule has 1 heterocycles. The summed E-state index contributed by atoms with van der Waals surface area (Å²) < 4.78 is 5.16. The van der Waals surface area contributed by atoms with Crippen molar-refractivity contribution in [1.82, 2.24) is 10.2 Å². The molecule has 1 aromatic rings. The molecule has 0 spiro atoms. The number of nitrogens with zero attached hydrogens (tertiary/aromatic N) is 1. The van der Waals surface area contributed by atoms with Crippen LogP contribution < -0.4 is 10.1 Å². The average Bonchev–Trinajstić information content (AvgIpc) is 2.65. The maximum absolute atomic E-state index is 6.13. The summed E-state index contributed by atoms with van der Waals surface area (Å²) in [5.41, 5.74) is 1.28. The fraction of sp³-hybridized carbons (Fsp3) is 0.571. The Morgan fingerprint density at radius 2 is 2.22 bits per heavy atom. The summed E-state index contributed by atoms with van der Waals surface area (Å²) in [4.78, 5) is 2.51. The zero-order chi connectivity index (χ0) is 12.8. The van der Waals surface area contributed by atoms with Gasteiger partial charge < -0.3 is 15.0 Å². The van der Waals surface area contributed by atoms with Crippen LogP contribution in [0.5, 0.6) is 5.75 Å². The number of methoxy groups -OCH3 is 1. The molecular formula is C14H21ClN2O. The van der Waals surface area contributed by atoms with E-state index in [1.54, 1.807) is 7.11 Å². The highest BCUT2D eigenvalue weighted by Crippen LogP contribution is 2.25. The van der Waals surface area contributed by atoms with Crippen LogP contribution in [0.25, 0.3) is 0 Å². The lowest BCUT2D eigenvalue weighted by Gasteiger charge is -2.19. The van der Waals surface area contributed by atoms with Crippen LogP contribution in [0.15, 0.2) is 18.2 Å². The Morgan fingerprint density at radius 1 is 1.33 bits per heavy atom. The average molecular weight is 269 g/mol. The first-order chi connectivity index (χ1) is 8.79. The second-order valence-corrected chi connectivity index (χ2v) is 5.07. The van der Waals surface area contributed by atoms with E-state index in [-0.39, 0.29) is 0 Å². The lowest BCUT2D eigenvalue weighted by atomic mass is 10.1. The Bertz CT molecular complexity index is 376. The van der Waals surface area contributed by atoms with Crippen LogP contribution in [0.1, 0.15) is 12.0 Å². The van der Waals surface area contributed by atoms with Gasteiger partial charge in [-0.25, -0.2) is 0 Å². The molecule has 0 unspecified atom stereocenters. The monoisotopic (exact) mass is 268 g/mol. The molecule has 0 amide bonds. The molecule has 1 N–H and O–H groups in total. The van der Waals surface area contributed by atoms with Crippen molar-refractivity contribution < 1.29 is 4.74 Å². The molecule has 1 aliphatic rings. The summed E-state index contributed by atoms with van der Waals surface area (Å²) in [6, 6.07) is 6.05. The molecule has 0 atom stereocenters. The number of hydrogen-bond acceptors (Lipinski definition) is 3. The molecule has 0 radical (unpaired) electrons. The summed E-state index contributed by atoms with van der Waals surface area (Å²) >= 11 is 6.13.